The van der Waals surface area contributed by atoms with Crippen LogP contribution in [0.5, 0.6) is 0 Å². The molecule has 14 heavy (non-hydrogen) atoms. The monoisotopic (exact) mass is 194 g/mol. The molecule has 1 aromatic rings. The Kier molecular flexibility index (Phi) is 2.81. The zero-order valence-electron chi connectivity index (χ0n) is 7.60. The van der Waals surface area contributed by atoms with Crippen molar-refractivity contribution in [2.45, 2.75) is 12.5 Å². The first-order valence-corrected chi connectivity index (χ1v) is 3.96. The van der Waals surface area contributed by atoms with Crippen LogP contribution in [0.3, 0.4) is 0 Å². The third kappa shape index (κ3) is 1.71. The van der Waals surface area contributed by atoms with Crippen molar-refractivity contribution < 1.29 is 14.7 Å². The van der Waals surface area contributed by atoms with Gasteiger partial charge in [0, 0.05) is 18.0 Å². The number of nitrogens with one attached hydrogen (secondary N) is 1. The van der Waals surface area contributed by atoms with Crippen LogP contribution in [0.15, 0.2) is 24.5 Å². The fraction of sp³-hybridized carbons (Fsp3) is 0.222. The molecule has 1 amide bonds. The summed E-state index contributed by atoms with van der Waals surface area (Å²) >= 11 is 0. The minimum absolute atomic E-state index is 0.362. The molecule has 1 aromatic heterocycles. The van der Waals surface area contributed by atoms with Crippen molar-refractivity contribution in [2.24, 2.45) is 0 Å². The molecular weight excluding hydrogens is 184 g/mol. The van der Waals surface area contributed by atoms with Crippen LogP contribution >= 0.6 is 0 Å². The van der Waals surface area contributed by atoms with E-state index in [-0.39, 0.29) is 0 Å². The first-order valence-electron chi connectivity index (χ1n) is 3.96. The molecule has 5 heteroatoms. The summed E-state index contributed by atoms with van der Waals surface area (Å²) in [5.74, 6) is -1.13. The number of nitrogens with zero attached hydrogens (tertiary/aromatic N) is 1. The lowest BCUT2D eigenvalue weighted by Crippen LogP contribution is -2.46. The molecule has 0 spiro atoms. The van der Waals surface area contributed by atoms with Crippen molar-refractivity contribution in [3.63, 3.8) is 0 Å². The number of carboxylic acids is 1. The zero-order valence-corrected chi connectivity index (χ0v) is 7.60. The van der Waals surface area contributed by atoms with E-state index in [1.54, 1.807) is 12.1 Å². The molecule has 0 radical (unpaired) electrons. The number of hydrogen-bond donors (Lipinski definition) is 2. The average Bonchev–Trinajstić information content (AvgIpc) is 2.19. The van der Waals surface area contributed by atoms with Crippen molar-refractivity contribution in [1.29, 1.82) is 0 Å². The van der Waals surface area contributed by atoms with Gasteiger partial charge in [0.1, 0.15) is 0 Å². The maximum atomic E-state index is 11.0. The quantitative estimate of drug-likeness (QED) is 0.667. The summed E-state index contributed by atoms with van der Waals surface area (Å²) < 4.78 is 0. The molecule has 0 aromatic carbocycles. The number of carbonyl (C=O) groups is 2. The van der Waals surface area contributed by atoms with Gasteiger partial charge in [0.2, 0.25) is 6.41 Å². The van der Waals surface area contributed by atoms with Crippen molar-refractivity contribution in [3.8, 4) is 0 Å². The molecule has 1 atom stereocenters. The van der Waals surface area contributed by atoms with Gasteiger partial charge >= 0.3 is 5.97 Å². The van der Waals surface area contributed by atoms with E-state index in [0.29, 0.717) is 12.0 Å². The van der Waals surface area contributed by atoms with Crippen molar-refractivity contribution >= 4 is 12.4 Å². The Morgan fingerprint density at radius 2 is 2.43 bits per heavy atom. The van der Waals surface area contributed by atoms with Gasteiger partial charge in [-0.15, -0.1) is 0 Å². The van der Waals surface area contributed by atoms with Gasteiger partial charge in [-0.25, -0.2) is 4.79 Å². The molecule has 0 bridgehead atoms. The topological polar surface area (TPSA) is 79.3 Å². The van der Waals surface area contributed by atoms with Gasteiger partial charge in [-0.1, -0.05) is 6.07 Å². The summed E-state index contributed by atoms with van der Waals surface area (Å²) in [4.78, 5) is 25.1. The van der Waals surface area contributed by atoms with E-state index < -0.39 is 11.5 Å². The highest BCUT2D eigenvalue weighted by Gasteiger charge is 2.34. The first-order chi connectivity index (χ1) is 6.61. The number of rotatable bonds is 4. The summed E-state index contributed by atoms with van der Waals surface area (Å²) in [5, 5.41) is 11.2. The normalized spacial score (nSPS) is 14.1. The third-order valence-electron chi connectivity index (χ3n) is 2.01. The molecule has 0 aliphatic rings. The average molecular weight is 194 g/mol. The number of hydrogen-bond acceptors (Lipinski definition) is 3. The molecule has 74 valence electrons. The van der Waals surface area contributed by atoms with Gasteiger partial charge < -0.3 is 10.4 Å². The number of carbonyl (C=O) groups excluding carboxylic acids is 1. The van der Waals surface area contributed by atoms with E-state index in [1.807, 2.05) is 0 Å². The fourth-order valence-corrected chi connectivity index (χ4v) is 1.04. The summed E-state index contributed by atoms with van der Waals surface area (Å²) in [6, 6.07) is 3.21. The lowest BCUT2D eigenvalue weighted by atomic mass is 9.94. The second-order valence-corrected chi connectivity index (χ2v) is 2.93. The minimum Gasteiger partial charge on any atom is -0.479 e. The van der Waals surface area contributed by atoms with Crippen molar-refractivity contribution in [1.82, 2.24) is 10.3 Å². The largest absolute Gasteiger partial charge is 0.479 e. The van der Waals surface area contributed by atoms with E-state index in [2.05, 4.69) is 10.3 Å². The fourth-order valence-electron chi connectivity index (χ4n) is 1.04. The second kappa shape index (κ2) is 3.87. The highest BCUT2D eigenvalue weighted by atomic mass is 16.4. The van der Waals surface area contributed by atoms with Crippen LogP contribution in [-0.2, 0) is 15.1 Å². The van der Waals surface area contributed by atoms with Gasteiger partial charge in [-0.3, -0.25) is 9.78 Å². The molecule has 0 saturated carbocycles. The van der Waals surface area contributed by atoms with Crippen LogP contribution < -0.4 is 5.32 Å². The summed E-state index contributed by atoms with van der Waals surface area (Å²) in [6.45, 7) is 1.40. The molecule has 1 rings (SSSR count). The highest BCUT2D eigenvalue weighted by molar-refractivity contribution is 5.82. The van der Waals surface area contributed by atoms with Gasteiger partial charge in [0.25, 0.3) is 0 Å². The predicted octanol–water partition coefficient (Wildman–Crippen LogP) is 0.127. The first kappa shape index (κ1) is 10.2. The van der Waals surface area contributed by atoms with Gasteiger partial charge in [0.05, 0.1) is 0 Å². The van der Waals surface area contributed by atoms with Crippen LogP contribution in [0.1, 0.15) is 12.5 Å². The van der Waals surface area contributed by atoms with Crippen LogP contribution in [0.4, 0.5) is 0 Å². The minimum atomic E-state index is -1.42. The second-order valence-electron chi connectivity index (χ2n) is 2.93. The summed E-state index contributed by atoms with van der Waals surface area (Å²) in [5.41, 5.74) is -0.990. The number of aromatic nitrogens is 1. The molecule has 0 aliphatic heterocycles. The predicted molar refractivity (Wildman–Crippen MR) is 48.4 cm³/mol. The number of pyridine rings is 1. The third-order valence-corrected chi connectivity index (χ3v) is 2.01. The molecule has 0 fully saturated rings. The molecule has 1 unspecified atom stereocenters. The Balaban J connectivity index is 3.12. The number of amides is 1. The van der Waals surface area contributed by atoms with E-state index in [1.165, 1.54) is 19.3 Å². The number of carboxylic acid groups (broad SMARTS) is 1. The molecule has 1 heterocycles. The molecular formula is C9H10N2O3. The number of aliphatic carboxylic acids is 1. The Morgan fingerprint density at radius 1 is 1.71 bits per heavy atom. The van der Waals surface area contributed by atoms with E-state index in [0.717, 1.165) is 0 Å². The van der Waals surface area contributed by atoms with E-state index in [4.69, 9.17) is 5.11 Å². The Morgan fingerprint density at radius 3 is 2.86 bits per heavy atom. The van der Waals surface area contributed by atoms with Crippen LogP contribution in [0.25, 0.3) is 0 Å². The van der Waals surface area contributed by atoms with Gasteiger partial charge in [0.15, 0.2) is 5.54 Å². The van der Waals surface area contributed by atoms with Crippen LogP contribution in [-0.4, -0.2) is 22.5 Å². The lowest BCUT2D eigenvalue weighted by molar-refractivity contribution is -0.145. The van der Waals surface area contributed by atoms with Gasteiger partial charge in [-0.2, -0.15) is 0 Å². The Hall–Kier alpha value is -1.91. The SMILES string of the molecule is CC(NC=O)(C(=O)O)c1cccnc1. The summed E-state index contributed by atoms with van der Waals surface area (Å²) in [6.07, 6.45) is 3.30. The van der Waals surface area contributed by atoms with E-state index in [9.17, 15) is 9.59 Å². The lowest BCUT2D eigenvalue weighted by Gasteiger charge is -2.23. The maximum absolute atomic E-state index is 11.0. The molecule has 0 saturated heterocycles. The molecule has 2 N–H and O–H groups in total. The molecule has 5 nitrogen and oxygen atoms in total. The highest BCUT2D eigenvalue weighted by Crippen LogP contribution is 2.18. The smallest absolute Gasteiger partial charge is 0.333 e. The van der Waals surface area contributed by atoms with Gasteiger partial charge in [-0.05, 0) is 13.0 Å². The maximum Gasteiger partial charge on any atom is 0.333 e. The molecule has 0 aliphatic carbocycles. The Labute approximate surface area is 80.8 Å². The van der Waals surface area contributed by atoms with E-state index >= 15 is 0 Å². The Bertz CT molecular complexity index is 339. The van der Waals surface area contributed by atoms with Crippen molar-refractivity contribution in [2.75, 3.05) is 0 Å². The zero-order chi connectivity index (χ0) is 10.6. The standard InChI is InChI=1S/C9H10N2O3/c1-9(8(13)14,11-6-12)7-3-2-4-10-5-7/h2-6H,1H3,(H,11,12)(H,13,14). The van der Waals surface area contributed by atoms with Crippen LogP contribution in [0.2, 0.25) is 0 Å². The van der Waals surface area contributed by atoms with Crippen molar-refractivity contribution in [3.05, 3.63) is 30.1 Å². The summed E-state index contributed by atoms with van der Waals surface area (Å²) in [7, 11) is 0. The van der Waals surface area contributed by atoms with Crippen LogP contribution in [0, 0.1) is 0 Å².